The highest BCUT2D eigenvalue weighted by atomic mass is 32.2. The van der Waals surface area contributed by atoms with Crippen molar-refractivity contribution in [3.05, 3.63) is 57.9 Å². The van der Waals surface area contributed by atoms with Gasteiger partial charge in [-0.2, -0.15) is 10.4 Å². The van der Waals surface area contributed by atoms with Gasteiger partial charge in [0, 0.05) is 6.26 Å². The lowest BCUT2D eigenvalue weighted by molar-refractivity contribution is -0.274. The van der Waals surface area contributed by atoms with Gasteiger partial charge in [0.05, 0.1) is 39.7 Å². The molecule has 0 bridgehead atoms. The molecule has 1 heterocycles. The van der Waals surface area contributed by atoms with Crippen LogP contribution in [0, 0.1) is 11.3 Å². The number of aromatic nitrogens is 2. The second kappa shape index (κ2) is 8.55. The number of halogens is 3. The van der Waals surface area contributed by atoms with Crippen molar-refractivity contribution in [2.45, 2.75) is 18.2 Å². The van der Waals surface area contributed by atoms with E-state index in [-0.39, 0.29) is 23.4 Å². The van der Waals surface area contributed by atoms with Crippen LogP contribution >= 0.6 is 0 Å². The van der Waals surface area contributed by atoms with E-state index in [0.29, 0.717) is 0 Å². The summed E-state index contributed by atoms with van der Waals surface area (Å²) in [4.78, 5) is 24.9. The van der Waals surface area contributed by atoms with Gasteiger partial charge in [-0.3, -0.25) is 4.79 Å². The molecule has 0 radical (unpaired) electrons. The summed E-state index contributed by atoms with van der Waals surface area (Å²) >= 11 is 0. The smallest absolute Gasteiger partial charge is 0.461 e. The molecule has 0 aliphatic rings. The first kappa shape index (κ1) is 23.7. The van der Waals surface area contributed by atoms with Crippen LogP contribution in [0.5, 0.6) is 5.75 Å². The molecule has 1 aromatic heterocycles. The molecule has 0 aliphatic carbocycles. The number of nitriles is 1. The first-order valence-electron chi connectivity index (χ1n) is 9.10. The van der Waals surface area contributed by atoms with Crippen molar-refractivity contribution >= 4 is 26.7 Å². The highest BCUT2D eigenvalue weighted by Crippen LogP contribution is 2.27. The van der Waals surface area contributed by atoms with Gasteiger partial charge in [0.2, 0.25) is 11.1 Å². The highest BCUT2D eigenvalue weighted by Gasteiger charge is 2.31. The van der Waals surface area contributed by atoms with E-state index in [1.54, 1.807) is 6.07 Å². The average Bonchev–Trinajstić information content (AvgIpc) is 2.72. The third-order valence-electron chi connectivity index (χ3n) is 4.26. The Hall–Kier alpha value is -3.92. The van der Waals surface area contributed by atoms with Crippen LogP contribution in [-0.4, -0.2) is 43.4 Å². The van der Waals surface area contributed by atoms with E-state index in [9.17, 15) is 36.4 Å². The van der Waals surface area contributed by atoms with Crippen molar-refractivity contribution in [2.24, 2.45) is 0 Å². The molecule has 0 atom stereocenters. The third kappa shape index (κ3) is 4.96. The van der Waals surface area contributed by atoms with E-state index in [2.05, 4.69) is 9.84 Å². The van der Waals surface area contributed by atoms with E-state index in [4.69, 9.17) is 4.74 Å². The Bertz CT molecular complexity index is 1460. The number of nitrogens with zero attached hydrogens (tertiary/aromatic N) is 3. The zero-order chi connectivity index (χ0) is 24.6. The molecule has 0 amide bonds. The molecule has 0 aliphatic heterocycles. The Kier molecular flexibility index (Phi) is 6.15. The number of hydrogen-bond acceptors (Lipinski definition) is 8. The maximum atomic E-state index is 13.0. The summed E-state index contributed by atoms with van der Waals surface area (Å²) < 4.78 is 71.8. The normalized spacial score (nSPS) is 11.8. The lowest BCUT2D eigenvalue weighted by atomic mass is 10.1. The second-order valence-corrected chi connectivity index (χ2v) is 8.59. The number of benzene rings is 2. The predicted octanol–water partition coefficient (Wildman–Crippen LogP) is 2.74. The zero-order valence-corrected chi connectivity index (χ0v) is 17.8. The van der Waals surface area contributed by atoms with Gasteiger partial charge in [-0.1, -0.05) is 0 Å². The number of carbonyl (C=O) groups is 1. The van der Waals surface area contributed by atoms with Gasteiger partial charge >= 0.3 is 12.3 Å². The second-order valence-electron chi connectivity index (χ2n) is 6.60. The van der Waals surface area contributed by atoms with Crippen LogP contribution in [0.4, 0.5) is 13.2 Å². The lowest BCUT2D eigenvalue weighted by Gasteiger charge is -2.15. The van der Waals surface area contributed by atoms with E-state index >= 15 is 0 Å². The van der Waals surface area contributed by atoms with E-state index in [1.807, 2.05) is 0 Å². The molecule has 13 heteroatoms. The van der Waals surface area contributed by atoms with E-state index in [1.165, 1.54) is 13.0 Å². The largest absolute Gasteiger partial charge is 0.573 e. The molecule has 0 unspecified atom stereocenters. The fourth-order valence-corrected chi connectivity index (χ4v) is 3.90. The summed E-state index contributed by atoms with van der Waals surface area (Å²) in [6.45, 7) is 1.38. The van der Waals surface area contributed by atoms with Crippen LogP contribution in [0.3, 0.4) is 0 Å². The van der Waals surface area contributed by atoms with Gasteiger partial charge in [-0.15, -0.1) is 13.2 Å². The van der Waals surface area contributed by atoms with Gasteiger partial charge < -0.3 is 9.47 Å². The minimum Gasteiger partial charge on any atom is -0.461 e. The fourth-order valence-electron chi connectivity index (χ4n) is 2.99. The number of hydrogen-bond donors (Lipinski definition) is 0. The van der Waals surface area contributed by atoms with Crippen LogP contribution in [-0.2, 0) is 14.6 Å². The van der Waals surface area contributed by atoms with Gasteiger partial charge in [0.15, 0.2) is 9.84 Å². The number of esters is 1. The van der Waals surface area contributed by atoms with Crippen LogP contribution < -0.4 is 10.2 Å². The molecular formula is C20H14F3N3O6S. The number of carbonyl (C=O) groups excluding carboxylic acids is 1. The molecule has 2 aromatic carbocycles. The van der Waals surface area contributed by atoms with Crippen LogP contribution in [0.1, 0.15) is 23.0 Å². The van der Waals surface area contributed by atoms with Crippen LogP contribution in [0.25, 0.3) is 16.6 Å². The molecule has 172 valence electrons. The minimum atomic E-state index is -4.92. The number of fused-ring (bicyclic) bond motifs is 1. The molecule has 0 saturated heterocycles. The SMILES string of the molecule is CCOC(=O)c1nn(-c2ccc(OC(F)(F)F)cc2)c2cc(C#N)cc(S(C)(=O)=O)c2c1=O. The van der Waals surface area contributed by atoms with Crippen LogP contribution in [0.2, 0.25) is 0 Å². The molecule has 3 rings (SSSR count). The highest BCUT2D eigenvalue weighted by molar-refractivity contribution is 7.91. The Balaban J connectivity index is 2.41. The Morgan fingerprint density at radius 2 is 1.85 bits per heavy atom. The number of alkyl halides is 3. The predicted molar refractivity (Wildman–Crippen MR) is 108 cm³/mol. The summed E-state index contributed by atoms with van der Waals surface area (Å²) in [6.07, 6.45) is -4.10. The summed E-state index contributed by atoms with van der Waals surface area (Å²) in [7, 11) is -4.05. The molecule has 0 spiro atoms. The molecule has 33 heavy (non-hydrogen) atoms. The van der Waals surface area contributed by atoms with Gasteiger partial charge in [-0.25, -0.2) is 17.9 Å². The first-order valence-corrected chi connectivity index (χ1v) is 11.0. The molecule has 0 N–H and O–H groups in total. The Morgan fingerprint density at radius 3 is 2.36 bits per heavy atom. The van der Waals surface area contributed by atoms with Crippen molar-refractivity contribution in [1.82, 2.24) is 9.78 Å². The topological polar surface area (TPSA) is 128 Å². The minimum absolute atomic E-state index is 0.0506. The lowest BCUT2D eigenvalue weighted by Crippen LogP contribution is -2.25. The maximum absolute atomic E-state index is 13.0. The quantitative estimate of drug-likeness (QED) is 0.509. The number of rotatable bonds is 5. The van der Waals surface area contributed by atoms with Crippen molar-refractivity contribution in [3.8, 4) is 17.5 Å². The van der Waals surface area contributed by atoms with Crippen LogP contribution in [0.15, 0.2) is 46.1 Å². The van der Waals surface area contributed by atoms with Gasteiger partial charge in [-0.05, 0) is 43.3 Å². The molecule has 3 aromatic rings. The van der Waals surface area contributed by atoms with Crippen molar-refractivity contribution < 1.29 is 35.9 Å². The summed E-state index contributed by atoms with van der Waals surface area (Å²) in [5.74, 6) is -1.67. The summed E-state index contributed by atoms with van der Waals surface area (Å²) in [5.41, 5.74) is -2.01. The third-order valence-corrected chi connectivity index (χ3v) is 5.38. The van der Waals surface area contributed by atoms with E-state index in [0.717, 1.165) is 41.3 Å². The monoisotopic (exact) mass is 481 g/mol. The van der Waals surface area contributed by atoms with Gasteiger partial charge in [0.25, 0.3) is 0 Å². The Morgan fingerprint density at radius 1 is 1.21 bits per heavy atom. The van der Waals surface area contributed by atoms with Crippen molar-refractivity contribution in [3.63, 3.8) is 0 Å². The van der Waals surface area contributed by atoms with Gasteiger partial charge in [0.1, 0.15) is 5.75 Å². The van der Waals surface area contributed by atoms with E-state index < -0.39 is 49.3 Å². The van der Waals surface area contributed by atoms with Crippen molar-refractivity contribution in [2.75, 3.05) is 12.9 Å². The van der Waals surface area contributed by atoms with Crippen molar-refractivity contribution in [1.29, 1.82) is 5.26 Å². The zero-order valence-electron chi connectivity index (χ0n) is 17.0. The number of ether oxygens (including phenoxy) is 2. The number of sulfone groups is 1. The summed E-state index contributed by atoms with van der Waals surface area (Å²) in [5, 5.41) is 12.9. The standard InChI is InChI=1S/C20H14F3N3O6S/c1-3-31-19(28)17-18(27)16-14(8-11(10-24)9-15(16)33(2,29)30)26(25-17)12-4-6-13(7-5-12)32-20(21,22)23/h4-9H,3H2,1-2H3. The summed E-state index contributed by atoms with van der Waals surface area (Å²) in [6, 6.07) is 8.15. The first-order chi connectivity index (χ1) is 15.4. The fraction of sp³-hybridized carbons (Fsp3) is 0.200. The maximum Gasteiger partial charge on any atom is 0.573 e. The molecule has 9 nitrogen and oxygen atoms in total. The molecule has 0 saturated carbocycles. The Labute approximate surface area is 184 Å². The average molecular weight is 481 g/mol. The molecule has 0 fully saturated rings. The molecular weight excluding hydrogens is 467 g/mol.